The van der Waals surface area contributed by atoms with Gasteiger partial charge in [-0.05, 0) is 29.9 Å². The predicted octanol–water partition coefficient (Wildman–Crippen LogP) is 4.71. The maximum Gasteiger partial charge on any atom is 0.272 e. The van der Waals surface area contributed by atoms with E-state index < -0.39 is 16.2 Å². The van der Waals surface area contributed by atoms with E-state index >= 15 is 0 Å². The first-order chi connectivity index (χ1) is 11.0. The lowest BCUT2D eigenvalue weighted by molar-refractivity contribution is 0.193. The smallest absolute Gasteiger partial charge is 0.262 e. The summed E-state index contributed by atoms with van der Waals surface area (Å²) in [5, 5.41) is 0. The van der Waals surface area contributed by atoms with Crippen molar-refractivity contribution in [3.05, 3.63) is 71.8 Å². The van der Waals surface area contributed by atoms with Gasteiger partial charge in [0, 0.05) is 0 Å². The van der Waals surface area contributed by atoms with Crippen LogP contribution in [0.25, 0.3) is 0 Å². The molecule has 0 fully saturated rings. The summed E-state index contributed by atoms with van der Waals surface area (Å²) in [6.45, 7) is 4.25. The molecule has 0 saturated carbocycles. The van der Waals surface area contributed by atoms with Crippen LogP contribution in [-0.4, -0.2) is 8.42 Å². The topological polar surface area (TPSA) is 43.4 Å². The molecule has 1 atom stereocenters. The van der Waals surface area contributed by atoms with Crippen molar-refractivity contribution in [3.63, 3.8) is 0 Å². The second-order valence-corrected chi connectivity index (χ2v) is 7.75. The normalized spacial score (nSPS) is 13.2. The van der Waals surface area contributed by atoms with Crippen LogP contribution in [0.4, 0.5) is 0 Å². The Bertz CT molecular complexity index is 679. The molecule has 2 aromatic rings. The van der Waals surface area contributed by atoms with Gasteiger partial charge in [0.2, 0.25) is 0 Å². The van der Waals surface area contributed by atoms with Gasteiger partial charge in [0.1, 0.15) is 11.9 Å². The molecule has 0 spiro atoms. The van der Waals surface area contributed by atoms with Crippen LogP contribution in [0.1, 0.15) is 43.9 Å². The van der Waals surface area contributed by atoms with Crippen molar-refractivity contribution in [1.82, 2.24) is 0 Å². The van der Waals surface area contributed by atoms with Crippen molar-refractivity contribution >= 4 is 10.1 Å². The van der Waals surface area contributed by atoms with Gasteiger partial charge in [0.05, 0.1) is 0 Å². The minimum absolute atomic E-state index is 0.0984. The van der Waals surface area contributed by atoms with Gasteiger partial charge in [0.15, 0.2) is 0 Å². The second kappa shape index (κ2) is 8.27. The van der Waals surface area contributed by atoms with Gasteiger partial charge in [-0.25, -0.2) is 0 Å². The SMILES string of the molecule is CC(C)CCC(OS(=O)(=O)Cc1ccccc1)c1ccccc1. The molecule has 0 aromatic heterocycles. The summed E-state index contributed by atoms with van der Waals surface area (Å²) in [6, 6.07) is 18.7. The Balaban J connectivity index is 2.12. The van der Waals surface area contributed by atoms with E-state index in [0.29, 0.717) is 12.3 Å². The van der Waals surface area contributed by atoms with E-state index in [2.05, 4.69) is 13.8 Å². The Morgan fingerprint density at radius 1 is 0.870 bits per heavy atom. The average Bonchev–Trinajstić information content (AvgIpc) is 2.52. The molecule has 0 saturated heterocycles. The fourth-order valence-electron chi connectivity index (χ4n) is 2.41. The second-order valence-electron chi connectivity index (χ2n) is 6.15. The van der Waals surface area contributed by atoms with Gasteiger partial charge in [-0.2, -0.15) is 8.42 Å². The summed E-state index contributed by atoms with van der Waals surface area (Å²) in [5.41, 5.74) is 1.65. The van der Waals surface area contributed by atoms with Crippen LogP contribution in [-0.2, 0) is 20.1 Å². The molecule has 0 heterocycles. The van der Waals surface area contributed by atoms with Crippen LogP contribution >= 0.6 is 0 Å². The summed E-state index contributed by atoms with van der Waals surface area (Å²) < 4.78 is 30.4. The van der Waals surface area contributed by atoms with Crippen molar-refractivity contribution in [2.75, 3.05) is 0 Å². The van der Waals surface area contributed by atoms with Gasteiger partial charge in [-0.3, -0.25) is 4.18 Å². The zero-order valence-corrected chi connectivity index (χ0v) is 14.5. The summed E-state index contributed by atoms with van der Waals surface area (Å²) in [6.07, 6.45) is 1.18. The van der Waals surface area contributed by atoms with Crippen molar-refractivity contribution in [1.29, 1.82) is 0 Å². The monoisotopic (exact) mass is 332 g/mol. The van der Waals surface area contributed by atoms with Gasteiger partial charge in [-0.15, -0.1) is 0 Å². The van der Waals surface area contributed by atoms with Gasteiger partial charge in [-0.1, -0.05) is 74.5 Å². The van der Waals surface area contributed by atoms with Gasteiger partial charge < -0.3 is 0 Å². The number of hydrogen-bond donors (Lipinski definition) is 0. The molecular weight excluding hydrogens is 308 g/mol. The number of benzene rings is 2. The molecule has 124 valence electrons. The van der Waals surface area contributed by atoms with E-state index in [1.165, 1.54) is 0 Å². The maximum absolute atomic E-state index is 12.4. The van der Waals surface area contributed by atoms with Crippen LogP contribution in [0.2, 0.25) is 0 Å². The van der Waals surface area contributed by atoms with Crippen LogP contribution in [0.15, 0.2) is 60.7 Å². The molecule has 0 aliphatic rings. The van der Waals surface area contributed by atoms with Crippen molar-refractivity contribution in [3.8, 4) is 0 Å². The third kappa shape index (κ3) is 6.16. The summed E-state index contributed by atoms with van der Waals surface area (Å²) in [5.74, 6) is 0.403. The molecule has 0 aliphatic carbocycles. The quantitative estimate of drug-likeness (QED) is 0.658. The summed E-state index contributed by atoms with van der Waals surface area (Å²) in [4.78, 5) is 0. The lowest BCUT2D eigenvalue weighted by Gasteiger charge is -2.19. The number of hydrogen-bond acceptors (Lipinski definition) is 3. The molecule has 4 heteroatoms. The molecule has 3 nitrogen and oxygen atoms in total. The highest BCUT2D eigenvalue weighted by atomic mass is 32.2. The lowest BCUT2D eigenvalue weighted by Crippen LogP contribution is -2.15. The first kappa shape index (κ1) is 17.7. The third-order valence-corrected chi connectivity index (χ3v) is 4.84. The zero-order valence-electron chi connectivity index (χ0n) is 13.7. The highest BCUT2D eigenvalue weighted by Gasteiger charge is 2.21. The summed E-state index contributed by atoms with van der Waals surface area (Å²) in [7, 11) is -3.63. The molecule has 0 N–H and O–H groups in total. The molecule has 23 heavy (non-hydrogen) atoms. The van der Waals surface area contributed by atoms with Crippen LogP contribution in [0, 0.1) is 5.92 Å². The van der Waals surface area contributed by atoms with Crippen LogP contribution in [0.5, 0.6) is 0 Å². The lowest BCUT2D eigenvalue weighted by atomic mass is 10.0. The minimum Gasteiger partial charge on any atom is -0.262 e. The zero-order chi connectivity index (χ0) is 16.7. The molecule has 2 aromatic carbocycles. The molecule has 0 amide bonds. The average molecular weight is 332 g/mol. The minimum atomic E-state index is -3.63. The Labute approximate surface area is 139 Å². The van der Waals surface area contributed by atoms with E-state index in [1.54, 1.807) is 12.1 Å². The molecule has 0 aliphatic heterocycles. The van der Waals surface area contributed by atoms with Crippen molar-refractivity contribution in [2.45, 2.75) is 38.5 Å². The largest absolute Gasteiger partial charge is 0.272 e. The molecule has 0 radical (unpaired) electrons. The Morgan fingerprint density at radius 2 is 1.43 bits per heavy atom. The van der Waals surface area contributed by atoms with Crippen LogP contribution in [0.3, 0.4) is 0 Å². The molecule has 1 unspecified atom stereocenters. The third-order valence-electron chi connectivity index (χ3n) is 3.63. The molecule has 0 bridgehead atoms. The van der Waals surface area contributed by atoms with E-state index in [1.807, 2.05) is 48.5 Å². The predicted molar refractivity (Wildman–Crippen MR) is 93.4 cm³/mol. The molecular formula is C19H24O3S. The maximum atomic E-state index is 12.4. The van der Waals surface area contributed by atoms with E-state index in [4.69, 9.17) is 4.18 Å². The highest BCUT2D eigenvalue weighted by Crippen LogP contribution is 2.27. The Kier molecular flexibility index (Phi) is 6.37. The van der Waals surface area contributed by atoms with Gasteiger partial charge in [0.25, 0.3) is 10.1 Å². The van der Waals surface area contributed by atoms with Crippen molar-refractivity contribution in [2.24, 2.45) is 5.92 Å². The summed E-state index contributed by atoms with van der Waals surface area (Å²) >= 11 is 0. The van der Waals surface area contributed by atoms with E-state index in [-0.39, 0.29) is 5.75 Å². The fraction of sp³-hybridized carbons (Fsp3) is 0.368. The molecule has 2 rings (SSSR count). The van der Waals surface area contributed by atoms with E-state index in [0.717, 1.165) is 17.5 Å². The van der Waals surface area contributed by atoms with Crippen molar-refractivity contribution < 1.29 is 12.6 Å². The first-order valence-electron chi connectivity index (χ1n) is 7.96. The highest BCUT2D eigenvalue weighted by molar-refractivity contribution is 7.85. The fourth-order valence-corrected chi connectivity index (χ4v) is 3.64. The van der Waals surface area contributed by atoms with E-state index in [9.17, 15) is 8.42 Å². The standard InChI is InChI=1S/C19H24O3S/c1-16(2)13-14-19(18-11-7-4-8-12-18)22-23(20,21)15-17-9-5-3-6-10-17/h3-12,16,19H,13-15H2,1-2H3. The van der Waals surface area contributed by atoms with Crippen LogP contribution < -0.4 is 0 Å². The Morgan fingerprint density at radius 3 is 2.00 bits per heavy atom. The van der Waals surface area contributed by atoms with Gasteiger partial charge >= 0.3 is 0 Å². The Hall–Kier alpha value is -1.65. The first-order valence-corrected chi connectivity index (χ1v) is 9.54. The number of rotatable bonds is 8.